The van der Waals surface area contributed by atoms with Crippen LogP contribution >= 0.6 is 0 Å². The number of benzene rings is 3. The fourth-order valence-electron chi connectivity index (χ4n) is 4.64. The predicted molar refractivity (Wildman–Crippen MR) is 134 cm³/mol. The quantitative estimate of drug-likeness (QED) is 0.336. The minimum Gasteiger partial charge on any atom is -0.507 e. The number of hydrogen-bond donors (Lipinski definition) is 1. The molecule has 0 spiro atoms. The van der Waals surface area contributed by atoms with Gasteiger partial charge in [-0.3, -0.25) is 9.59 Å². The molecule has 34 heavy (non-hydrogen) atoms. The first kappa shape index (κ1) is 23.5. The molecule has 1 aliphatic heterocycles. The molecule has 1 amide bonds. The molecule has 3 aromatic rings. The normalized spacial score (nSPS) is 17.7. The van der Waals surface area contributed by atoms with Crippen molar-refractivity contribution in [3.8, 4) is 5.75 Å². The first-order valence-corrected chi connectivity index (χ1v) is 11.3. The maximum atomic E-state index is 13.4. The number of nitrogens with zero attached hydrogens (tertiary/aromatic N) is 2. The van der Waals surface area contributed by atoms with Crippen LogP contribution in [0, 0.1) is 13.8 Å². The van der Waals surface area contributed by atoms with Gasteiger partial charge in [-0.2, -0.15) is 0 Å². The van der Waals surface area contributed by atoms with Gasteiger partial charge >= 0.3 is 0 Å². The van der Waals surface area contributed by atoms with Crippen LogP contribution in [0.25, 0.3) is 16.5 Å². The predicted octanol–water partition coefficient (Wildman–Crippen LogP) is 4.45. The number of likely N-dealkylation sites (tertiary alicyclic amines) is 1. The van der Waals surface area contributed by atoms with Crippen LogP contribution in [0.1, 0.15) is 28.3 Å². The van der Waals surface area contributed by atoms with E-state index >= 15 is 0 Å². The zero-order valence-electron chi connectivity index (χ0n) is 20.3. The fraction of sp³-hybridized carbons (Fsp3) is 0.286. The number of Topliss-reactive ketones (excluding diaryl/α,β-unsaturated/α-hetero) is 1. The molecule has 3 aromatic carbocycles. The van der Waals surface area contributed by atoms with E-state index in [4.69, 9.17) is 4.74 Å². The number of aliphatic hydroxyl groups is 1. The van der Waals surface area contributed by atoms with Gasteiger partial charge in [0.25, 0.3) is 11.7 Å². The van der Waals surface area contributed by atoms with Gasteiger partial charge in [0.1, 0.15) is 11.5 Å². The lowest BCUT2D eigenvalue weighted by Crippen LogP contribution is -2.35. The number of hydrogen-bond acceptors (Lipinski definition) is 5. The van der Waals surface area contributed by atoms with Crippen molar-refractivity contribution in [1.29, 1.82) is 0 Å². The molecule has 1 fully saturated rings. The number of ketones is 1. The summed E-state index contributed by atoms with van der Waals surface area (Å²) in [5.41, 5.74) is 3.05. The molecule has 0 saturated carbocycles. The average Bonchev–Trinajstić information content (AvgIpc) is 3.07. The Bertz CT molecular complexity index is 1300. The molecular formula is C28H30N2O4. The third-order valence-electron chi connectivity index (χ3n) is 6.44. The number of ether oxygens (including phenoxy) is 1. The van der Waals surface area contributed by atoms with Crippen molar-refractivity contribution < 1.29 is 19.4 Å². The van der Waals surface area contributed by atoms with E-state index in [0.717, 1.165) is 27.5 Å². The van der Waals surface area contributed by atoms with Crippen molar-refractivity contribution in [2.75, 3.05) is 34.3 Å². The van der Waals surface area contributed by atoms with Gasteiger partial charge in [0.2, 0.25) is 0 Å². The molecule has 0 aromatic heterocycles. The Balaban J connectivity index is 1.97. The minimum atomic E-state index is -0.687. The van der Waals surface area contributed by atoms with E-state index in [-0.39, 0.29) is 11.3 Å². The number of likely N-dealkylation sites (N-methyl/N-ethyl adjacent to an activating group) is 1. The van der Waals surface area contributed by atoms with Gasteiger partial charge in [-0.25, -0.2) is 0 Å². The van der Waals surface area contributed by atoms with Crippen molar-refractivity contribution >= 4 is 28.2 Å². The molecule has 1 N–H and O–H groups in total. The van der Waals surface area contributed by atoms with Gasteiger partial charge in [-0.1, -0.05) is 42.5 Å². The third-order valence-corrected chi connectivity index (χ3v) is 6.44. The fourth-order valence-corrected chi connectivity index (χ4v) is 4.64. The van der Waals surface area contributed by atoms with Crippen LogP contribution < -0.4 is 4.74 Å². The van der Waals surface area contributed by atoms with E-state index in [1.165, 1.54) is 0 Å². The summed E-state index contributed by atoms with van der Waals surface area (Å²) >= 11 is 0. The Hall–Kier alpha value is -3.64. The van der Waals surface area contributed by atoms with Gasteiger partial charge in [0.05, 0.1) is 18.7 Å². The molecule has 1 heterocycles. The van der Waals surface area contributed by atoms with Crippen LogP contribution in [0.2, 0.25) is 0 Å². The first-order valence-electron chi connectivity index (χ1n) is 11.3. The largest absolute Gasteiger partial charge is 0.507 e. The summed E-state index contributed by atoms with van der Waals surface area (Å²) in [7, 11) is 5.44. The molecule has 1 aliphatic rings. The smallest absolute Gasteiger partial charge is 0.295 e. The van der Waals surface area contributed by atoms with Gasteiger partial charge in [0.15, 0.2) is 0 Å². The number of rotatable bonds is 6. The molecule has 176 valence electrons. The molecule has 0 aliphatic carbocycles. The van der Waals surface area contributed by atoms with Crippen molar-refractivity contribution in [2.24, 2.45) is 0 Å². The Morgan fingerprint density at radius 3 is 2.44 bits per heavy atom. The number of fused-ring (bicyclic) bond motifs is 1. The number of aliphatic hydroxyl groups excluding tert-OH is 1. The SMILES string of the molecule is COc1cc(C)c(/C(O)=C2\C(=O)C(=O)N(CCN(C)C)C2c2cccc3ccccc23)cc1C. The number of amides is 1. The second-order valence-electron chi connectivity index (χ2n) is 9.00. The van der Waals surface area contributed by atoms with Crippen molar-refractivity contribution in [3.05, 3.63) is 82.4 Å². The lowest BCUT2D eigenvalue weighted by molar-refractivity contribution is -0.140. The molecule has 1 atom stereocenters. The van der Waals surface area contributed by atoms with E-state index in [0.29, 0.717) is 24.4 Å². The number of aryl methyl sites for hydroxylation is 2. The van der Waals surface area contributed by atoms with E-state index in [2.05, 4.69) is 0 Å². The molecule has 4 rings (SSSR count). The third kappa shape index (κ3) is 4.05. The van der Waals surface area contributed by atoms with Crippen LogP contribution in [0.4, 0.5) is 0 Å². The molecule has 1 unspecified atom stereocenters. The van der Waals surface area contributed by atoms with Gasteiger partial charge in [-0.15, -0.1) is 0 Å². The van der Waals surface area contributed by atoms with Crippen LogP contribution in [-0.2, 0) is 9.59 Å². The number of carbonyl (C=O) groups excluding carboxylic acids is 2. The summed E-state index contributed by atoms with van der Waals surface area (Å²) in [4.78, 5) is 30.1. The van der Waals surface area contributed by atoms with Crippen LogP contribution in [-0.4, -0.2) is 60.9 Å². The van der Waals surface area contributed by atoms with Crippen molar-refractivity contribution in [3.63, 3.8) is 0 Å². The minimum absolute atomic E-state index is 0.118. The van der Waals surface area contributed by atoms with Crippen LogP contribution in [0.5, 0.6) is 5.75 Å². The summed E-state index contributed by atoms with van der Waals surface area (Å²) in [6.45, 7) is 4.69. The van der Waals surface area contributed by atoms with Crippen LogP contribution in [0.15, 0.2) is 60.2 Å². The summed E-state index contributed by atoms with van der Waals surface area (Å²) < 4.78 is 5.40. The molecule has 6 nitrogen and oxygen atoms in total. The lowest BCUT2D eigenvalue weighted by Gasteiger charge is -2.27. The highest BCUT2D eigenvalue weighted by Crippen LogP contribution is 2.42. The summed E-state index contributed by atoms with van der Waals surface area (Å²) in [6.07, 6.45) is 0. The van der Waals surface area contributed by atoms with Crippen LogP contribution in [0.3, 0.4) is 0 Å². The van der Waals surface area contributed by atoms with E-state index in [9.17, 15) is 14.7 Å². The topological polar surface area (TPSA) is 70.1 Å². The maximum absolute atomic E-state index is 13.4. The van der Waals surface area contributed by atoms with E-state index in [1.54, 1.807) is 18.1 Å². The molecule has 1 saturated heterocycles. The highest BCUT2D eigenvalue weighted by atomic mass is 16.5. The van der Waals surface area contributed by atoms with Gasteiger partial charge in [0, 0.05) is 18.7 Å². The van der Waals surface area contributed by atoms with E-state index < -0.39 is 17.7 Å². The summed E-state index contributed by atoms with van der Waals surface area (Å²) in [6, 6.07) is 16.7. The zero-order chi connectivity index (χ0) is 24.6. The summed E-state index contributed by atoms with van der Waals surface area (Å²) in [5.74, 6) is -0.718. The first-order chi connectivity index (χ1) is 16.2. The Morgan fingerprint density at radius 2 is 1.74 bits per heavy atom. The van der Waals surface area contributed by atoms with Crippen molar-refractivity contribution in [1.82, 2.24) is 9.80 Å². The second-order valence-corrected chi connectivity index (χ2v) is 9.00. The Labute approximate surface area is 200 Å². The van der Waals surface area contributed by atoms with E-state index in [1.807, 2.05) is 81.4 Å². The van der Waals surface area contributed by atoms with Gasteiger partial charge in [-0.05, 0) is 67.5 Å². The molecular weight excluding hydrogens is 428 g/mol. The Morgan fingerprint density at radius 1 is 1.03 bits per heavy atom. The van der Waals surface area contributed by atoms with Crippen molar-refractivity contribution in [2.45, 2.75) is 19.9 Å². The Kier molecular flexibility index (Phi) is 6.44. The highest BCUT2D eigenvalue weighted by molar-refractivity contribution is 6.46. The average molecular weight is 459 g/mol. The monoisotopic (exact) mass is 458 g/mol. The second kappa shape index (κ2) is 9.31. The highest BCUT2D eigenvalue weighted by Gasteiger charge is 2.46. The van der Waals surface area contributed by atoms with Gasteiger partial charge < -0.3 is 19.6 Å². The number of carbonyl (C=O) groups is 2. The molecule has 0 radical (unpaired) electrons. The lowest BCUT2D eigenvalue weighted by atomic mass is 9.90. The molecule has 6 heteroatoms. The standard InChI is InChI=1S/C28H30N2O4/c1-17-16-23(34-5)18(2)15-22(17)26(31)24-25(30(14-13-29(3)4)28(33)27(24)32)21-12-8-10-19-9-6-7-11-20(19)21/h6-12,15-16,25,31H,13-14H2,1-5H3/b26-24+. The zero-order valence-corrected chi connectivity index (χ0v) is 20.3. The maximum Gasteiger partial charge on any atom is 0.295 e. The number of methoxy groups -OCH3 is 1. The summed E-state index contributed by atoms with van der Waals surface area (Å²) in [5, 5.41) is 13.5. The molecule has 0 bridgehead atoms.